The summed E-state index contributed by atoms with van der Waals surface area (Å²) in [6.07, 6.45) is 3.19. The highest BCUT2D eigenvalue weighted by Crippen LogP contribution is 2.30. The van der Waals surface area contributed by atoms with Crippen LogP contribution in [0.3, 0.4) is 0 Å². The average Bonchev–Trinajstić information content (AvgIpc) is 3.48. The first-order chi connectivity index (χ1) is 15.6. The van der Waals surface area contributed by atoms with E-state index in [1.54, 1.807) is 12.1 Å². The van der Waals surface area contributed by atoms with E-state index in [1.165, 1.54) is 4.90 Å². The number of aryl methyl sites for hydroxylation is 1. The van der Waals surface area contributed by atoms with E-state index in [-0.39, 0.29) is 18.0 Å². The lowest BCUT2D eigenvalue weighted by Crippen LogP contribution is -2.42. The molecule has 7 heteroatoms. The molecule has 1 fully saturated rings. The van der Waals surface area contributed by atoms with Crippen molar-refractivity contribution in [2.24, 2.45) is 0 Å². The molecule has 0 radical (unpaired) electrons. The van der Waals surface area contributed by atoms with Crippen molar-refractivity contribution in [1.29, 1.82) is 0 Å². The number of carbonyl (C=O) groups excluding carboxylic acids is 2. The lowest BCUT2D eigenvalue weighted by molar-refractivity contribution is -0.139. The first-order valence-corrected chi connectivity index (χ1v) is 10.9. The Bertz CT molecular complexity index is 1230. The van der Waals surface area contributed by atoms with Gasteiger partial charge in [-0.05, 0) is 55.4 Å². The molecule has 32 heavy (non-hydrogen) atoms. The summed E-state index contributed by atoms with van der Waals surface area (Å²) < 4.78 is 16.4. The molecule has 1 saturated heterocycles. The van der Waals surface area contributed by atoms with Gasteiger partial charge in [0, 0.05) is 23.6 Å². The minimum Gasteiger partial charge on any atom is -0.445 e. The molecule has 0 bridgehead atoms. The summed E-state index contributed by atoms with van der Waals surface area (Å²) >= 11 is 0. The Balaban J connectivity index is 1.28. The van der Waals surface area contributed by atoms with Gasteiger partial charge in [0.25, 0.3) is 0 Å². The molecule has 1 amide bonds. The highest BCUT2D eigenvalue weighted by Gasteiger charge is 2.36. The van der Waals surface area contributed by atoms with Crippen LogP contribution in [-0.2, 0) is 29.0 Å². The van der Waals surface area contributed by atoms with Gasteiger partial charge in [-0.3, -0.25) is 4.90 Å². The average molecular weight is 433 g/mol. The number of likely N-dealkylation sites (tertiary alicyclic amines) is 1. The number of hydrogen-bond donors (Lipinski definition) is 0. The number of nitrogens with zero attached hydrogens (tertiary/aromatic N) is 1. The molecule has 1 aliphatic carbocycles. The molecular weight excluding hydrogens is 410 g/mol. The Morgan fingerprint density at radius 2 is 1.84 bits per heavy atom. The molecule has 0 N–H and O–H groups in total. The summed E-state index contributed by atoms with van der Waals surface area (Å²) in [6.45, 7) is 0.581. The number of amides is 1. The Morgan fingerprint density at radius 3 is 2.69 bits per heavy atom. The Morgan fingerprint density at radius 1 is 1.03 bits per heavy atom. The first kappa shape index (κ1) is 20.3. The number of rotatable bonds is 4. The number of fused-ring (bicyclic) bond motifs is 3. The van der Waals surface area contributed by atoms with Crippen LogP contribution in [0.15, 0.2) is 57.7 Å². The van der Waals surface area contributed by atoms with Crippen molar-refractivity contribution in [2.75, 3.05) is 6.54 Å². The topological polar surface area (TPSA) is 86.1 Å². The molecule has 2 aromatic carbocycles. The number of ether oxygens (including phenoxy) is 2. The lowest BCUT2D eigenvalue weighted by Gasteiger charge is -2.22. The molecule has 0 spiro atoms. The SMILES string of the molecule is O=C(Oc1ccc2c3c(c(=O)oc2c1)CCC3)[C@@H]1CCCN1C(=O)OCc1ccccc1. The summed E-state index contributed by atoms with van der Waals surface area (Å²) in [5, 5.41) is 0.879. The van der Waals surface area contributed by atoms with Gasteiger partial charge in [-0.1, -0.05) is 30.3 Å². The van der Waals surface area contributed by atoms with Gasteiger partial charge in [-0.2, -0.15) is 0 Å². The van der Waals surface area contributed by atoms with Crippen molar-refractivity contribution in [3.8, 4) is 5.75 Å². The fourth-order valence-corrected chi connectivity index (χ4v) is 4.54. The lowest BCUT2D eigenvalue weighted by atomic mass is 10.1. The van der Waals surface area contributed by atoms with E-state index in [2.05, 4.69) is 0 Å². The van der Waals surface area contributed by atoms with Crippen LogP contribution in [-0.4, -0.2) is 29.5 Å². The monoisotopic (exact) mass is 433 g/mol. The zero-order chi connectivity index (χ0) is 22.1. The van der Waals surface area contributed by atoms with Gasteiger partial charge in [-0.25, -0.2) is 14.4 Å². The van der Waals surface area contributed by atoms with E-state index in [4.69, 9.17) is 13.9 Å². The Hall–Kier alpha value is -3.61. The second-order valence-corrected chi connectivity index (χ2v) is 8.17. The third-order valence-corrected chi connectivity index (χ3v) is 6.13. The highest BCUT2D eigenvalue weighted by atomic mass is 16.6. The molecular formula is C25H23NO6. The smallest absolute Gasteiger partial charge is 0.410 e. The van der Waals surface area contributed by atoms with Gasteiger partial charge in [0.15, 0.2) is 0 Å². The van der Waals surface area contributed by atoms with Crippen molar-refractivity contribution in [3.05, 3.63) is 75.6 Å². The molecule has 1 aliphatic heterocycles. The second kappa shape index (κ2) is 8.49. The molecule has 164 valence electrons. The number of benzene rings is 2. The predicted octanol–water partition coefficient (Wildman–Crippen LogP) is 3.99. The van der Waals surface area contributed by atoms with Crippen LogP contribution in [0.1, 0.15) is 36.0 Å². The summed E-state index contributed by atoms with van der Waals surface area (Å²) in [5.41, 5.74) is 2.74. The Labute approximate surface area is 184 Å². The van der Waals surface area contributed by atoms with Crippen LogP contribution in [0.25, 0.3) is 11.0 Å². The quantitative estimate of drug-likeness (QED) is 0.351. The van der Waals surface area contributed by atoms with Gasteiger partial charge in [0.1, 0.15) is 24.0 Å². The van der Waals surface area contributed by atoms with Crippen LogP contribution < -0.4 is 10.4 Å². The van der Waals surface area contributed by atoms with Crippen molar-refractivity contribution in [1.82, 2.24) is 4.90 Å². The number of esters is 1. The minimum absolute atomic E-state index is 0.145. The molecule has 1 aromatic heterocycles. The van der Waals surface area contributed by atoms with Crippen molar-refractivity contribution < 1.29 is 23.5 Å². The zero-order valence-electron chi connectivity index (χ0n) is 17.5. The standard InChI is InChI=1S/C25H23NO6/c27-23-20-9-4-8-18(20)19-12-11-17(14-22(19)32-23)31-24(28)21-10-5-13-26(21)25(29)30-15-16-6-2-1-3-7-16/h1-3,6-7,11-12,14,21H,4-5,8-10,13,15H2/t21-/m0/s1. The molecule has 7 nitrogen and oxygen atoms in total. The fourth-order valence-electron chi connectivity index (χ4n) is 4.54. The van der Waals surface area contributed by atoms with Gasteiger partial charge >= 0.3 is 17.7 Å². The third kappa shape index (κ3) is 3.86. The van der Waals surface area contributed by atoms with E-state index in [0.29, 0.717) is 25.0 Å². The van der Waals surface area contributed by atoms with Crippen molar-refractivity contribution >= 4 is 23.0 Å². The molecule has 0 unspecified atom stereocenters. The summed E-state index contributed by atoms with van der Waals surface area (Å²) in [7, 11) is 0. The van der Waals surface area contributed by atoms with Crippen LogP contribution in [0.5, 0.6) is 5.75 Å². The van der Waals surface area contributed by atoms with Crippen LogP contribution in [0.2, 0.25) is 0 Å². The van der Waals surface area contributed by atoms with Crippen molar-refractivity contribution in [2.45, 2.75) is 44.8 Å². The van der Waals surface area contributed by atoms with Gasteiger partial charge in [0.2, 0.25) is 0 Å². The molecule has 5 rings (SSSR count). The molecule has 1 atom stereocenters. The van der Waals surface area contributed by atoms with E-state index < -0.39 is 18.1 Å². The fraction of sp³-hybridized carbons (Fsp3) is 0.320. The summed E-state index contributed by atoms with van der Waals surface area (Å²) in [4.78, 5) is 39.0. The highest BCUT2D eigenvalue weighted by molar-refractivity contribution is 5.86. The Kier molecular flexibility index (Phi) is 5.39. The van der Waals surface area contributed by atoms with E-state index in [0.717, 1.165) is 41.3 Å². The molecule has 2 aliphatic rings. The predicted molar refractivity (Wildman–Crippen MR) is 116 cm³/mol. The number of hydrogen-bond acceptors (Lipinski definition) is 6. The second-order valence-electron chi connectivity index (χ2n) is 8.17. The largest absolute Gasteiger partial charge is 0.445 e. The first-order valence-electron chi connectivity index (χ1n) is 10.9. The molecule has 0 saturated carbocycles. The van der Waals surface area contributed by atoms with Crippen LogP contribution >= 0.6 is 0 Å². The number of carbonyl (C=O) groups is 2. The zero-order valence-corrected chi connectivity index (χ0v) is 17.5. The minimum atomic E-state index is -0.707. The van der Waals surface area contributed by atoms with E-state index >= 15 is 0 Å². The van der Waals surface area contributed by atoms with Gasteiger partial charge in [-0.15, -0.1) is 0 Å². The maximum absolute atomic E-state index is 12.8. The maximum atomic E-state index is 12.8. The van der Waals surface area contributed by atoms with E-state index in [1.807, 2.05) is 36.4 Å². The summed E-state index contributed by atoms with van der Waals surface area (Å²) in [5.74, 6) is -0.241. The normalized spacial score (nSPS) is 17.4. The van der Waals surface area contributed by atoms with Crippen LogP contribution in [0, 0.1) is 0 Å². The molecule has 2 heterocycles. The molecule has 3 aromatic rings. The van der Waals surface area contributed by atoms with Gasteiger partial charge in [0.05, 0.1) is 0 Å². The maximum Gasteiger partial charge on any atom is 0.410 e. The third-order valence-electron chi connectivity index (χ3n) is 6.13. The summed E-state index contributed by atoms with van der Waals surface area (Å²) in [6, 6.07) is 13.8. The van der Waals surface area contributed by atoms with Crippen molar-refractivity contribution in [3.63, 3.8) is 0 Å². The van der Waals surface area contributed by atoms with Gasteiger partial charge < -0.3 is 13.9 Å². The van der Waals surface area contributed by atoms with E-state index in [9.17, 15) is 14.4 Å². The van der Waals surface area contributed by atoms with Crippen LogP contribution in [0.4, 0.5) is 4.79 Å².